The van der Waals surface area contributed by atoms with Crippen LogP contribution in [0.25, 0.3) is 0 Å². The molecule has 0 heterocycles. The Morgan fingerprint density at radius 1 is 1.04 bits per heavy atom. The van der Waals surface area contributed by atoms with Gasteiger partial charge in [-0.05, 0) is 84.1 Å². The predicted octanol–water partition coefficient (Wildman–Crippen LogP) is 4.42. The van der Waals surface area contributed by atoms with Gasteiger partial charge in [0.25, 0.3) is 0 Å². The Morgan fingerprint density at radius 3 is 2.25 bits per heavy atom. The SMILES string of the molecule is COc1ccc(S(=O)(=O)N[C@@H](C)c2cc(C)c(C)cc2C)cc1Br. The lowest BCUT2D eigenvalue weighted by Crippen LogP contribution is -2.27. The third-order valence-corrected chi connectivity index (χ3v) is 6.27. The van der Waals surface area contributed by atoms with Crippen molar-refractivity contribution in [1.29, 1.82) is 0 Å². The Morgan fingerprint density at radius 2 is 1.67 bits per heavy atom. The first-order valence-electron chi connectivity index (χ1n) is 7.59. The molecule has 0 spiro atoms. The molecule has 2 aromatic rings. The maximum Gasteiger partial charge on any atom is 0.241 e. The number of halogens is 1. The first-order valence-corrected chi connectivity index (χ1v) is 9.87. The van der Waals surface area contributed by atoms with Gasteiger partial charge >= 0.3 is 0 Å². The Balaban J connectivity index is 2.32. The Hall–Kier alpha value is -1.37. The zero-order chi connectivity index (χ0) is 18.1. The van der Waals surface area contributed by atoms with Crippen molar-refractivity contribution in [1.82, 2.24) is 4.72 Å². The highest BCUT2D eigenvalue weighted by molar-refractivity contribution is 9.10. The van der Waals surface area contributed by atoms with Gasteiger partial charge in [0.15, 0.2) is 0 Å². The highest BCUT2D eigenvalue weighted by atomic mass is 79.9. The molecule has 4 nitrogen and oxygen atoms in total. The predicted molar refractivity (Wildman–Crippen MR) is 100 cm³/mol. The van der Waals surface area contributed by atoms with Crippen molar-refractivity contribution in [2.24, 2.45) is 0 Å². The number of aryl methyl sites for hydroxylation is 3. The second kappa shape index (κ2) is 7.25. The van der Waals surface area contributed by atoms with E-state index in [4.69, 9.17) is 4.74 Å². The summed E-state index contributed by atoms with van der Waals surface area (Å²) < 4.78 is 33.8. The molecule has 0 aliphatic rings. The van der Waals surface area contributed by atoms with Crippen molar-refractivity contribution in [3.8, 4) is 5.75 Å². The smallest absolute Gasteiger partial charge is 0.241 e. The van der Waals surface area contributed by atoms with Crippen LogP contribution in [0.3, 0.4) is 0 Å². The lowest BCUT2D eigenvalue weighted by atomic mass is 9.97. The number of rotatable bonds is 5. The number of sulfonamides is 1. The molecule has 0 aromatic heterocycles. The summed E-state index contributed by atoms with van der Waals surface area (Å²) in [6, 6.07) is 8.51. The maximum absolute atomic E-state index is 12.7. The third-order valence-electron chi connectivity index (χ3n) is 4.11. The van der Waals surface area contributed by atoms with Gasteiger partial charge < -0.3 is 4.74 Å². The summed E-state index contributed by atoms with van der Waals surface area (Å²) in [5.74, 6) is 0.590. The van der Waals surface area contributed by atoms with Crippen LogP contribution in [0, 0.1) is 20.8 Å². The molecule has 24 heavy (non-hydrogen) atoms. The Kier molecular flexibility index (Phi) is 5.73. The molecule has 130 valence electrons. The quantitative estimate of drug-likeness (QED) is 0.791. The molecule has 6 heteroatoms. The summed E-state index contributed by atoms with van der Waals surface area (Å²) in [6.07, 6.45) is 0. The number of hydrogen-bond acceptors (Lipinski definition) is 3. The van der Waals surface area contributed by atoms with Crippen LogP contribution < -0.4 is 9.46 Å². The molecule has 0 saturated carbocycles. The van der Waals surface area contributed by atoms with E-state index in [-0.39, 0.29) is 10.9 Å². The molecule has 2 rings (SSSR count). The lowest BCUT2D eigenvalue weighted by molar-refractivity contribution is 0.411. The number of methoxy groups -OCH3 is 1. The van der Waals surface area contributed by atoms with Crippen LogP contribution in [0.4, 0.5) is 0 Å². The minimum Gasteiger partial charge on any atom is -0.496 e. The van der Waals surface area contributed by atoms with Gasteiger partial charge in [-0.25, -0.2) is 13.1 Å². The molecule has 2 aromatic carbocycles. The zero-order valence-corrected chi connectivity index (χ0v) is 16.9. The van der Waals surface area contributed by atoms with Crippen molar-refractivity contribution in [3.63, 3.8) is 0 Å². The van der Waals surface area contributed by atoms with Crippen LogP contribution in [0.2, 0.25) is 0 Å². The maximum atomic E-state index is 12.7. The first kappa shape index (κ1) is 19.0. The van der Waals surface area contributed by atoms with Crippen molar-refractivity contribution < 1.29 is 13.2 Å². The molecule has 0 aliphatic carbocycles. The number of ether oxygens (including phenoxy) is 1. The molecule has 0 unspecified atom stereocenters. The summed E-state index contributed by atoms with van der Waals surface area (Å²) in [7, 11) is -2.09. The molecule has 1 N–H and O–H groups in total. The molecule has 0 bridgehead atoms. The van der Waals surface area contributed by atoms with E-state index >= 15 is 0 Å². The summed E-state index contributed by atoms with van der Waals surface area (Å²) in [5, 5.41) is 0. The Labute approximate surface area is 152 Å². The van der Waals surface area contributed by atoms with Gasteiger partial charge in [-0.15, -0.1) is 0 Å². The van der Waals surface area contributed by atoms with Gasteiger partial charge in [0.05, 0.1) is 16.5 Å². The summed E-state index contributed by atoms with van der Waals surface area (Å²) in [6.45, 7) is 7.93. The van der Waals surface area contributed by atoms with E-state index in [0.717, 1.165) is 16.7 Å². The Bertz CT molecular complexity index is 863. The molecule has 0 radical (unpaired) electrons. The van der Waals surface area contributed by atoms with Gasteiger partial charge in [-0.2, -0.15) is 0 Å². The van der Waals surface area contributed by atoms with Crippen LogP contribution in [-0.2, 0) is 10.0 Å². The van der Waals surface area contributed by atoms with E-state index in [0.29, 0.717) is 10.2 Å². The van der Waals surface area contributed by atoms with Gasteiger partial charge in [0.2, 0.25) is 10.0 Å². The largest absolute Gasteiger partial charge is 0.496 e. The van der Waals surface area contributed by atoms with E-state index in [1.54, 1.807) is 12.1 Å². The monoisotopic (exact) mass is 411 g/mol. The lowest BCUT2D eigenvalue weighted by Gasteiger charge is -2.19. The van der Waals surface area contributed by atoms with E-state index in [2.05, 4.69) is 33.6 Å². The molecule has 0 fully saturated rings. The van der Waals surface area contributed by atoms with E-state index in [1.165, 1.54) is 18.7 Å². The minimum absolute atomic E-state index is 0.198. The topological polar surface area (TPSA) is 55.4 Å². The van der Waals surface area contributed by atoms with Gasteiger partial charge in [-0.1, -0.05) is 12.1 Å². The fourth-order valence-electron chi connectivity index (χ4n) is 2.63. The second-order valence-electron chi connectivity index (χ2n) is 5.93. The van der Waals surface area contributed by atoms with Crippen molar-refractivity contribution >= 4 is 26.0 Å². The first-order chi connectivity index (χ1) is 11.2. The molecule has 0 aliphatic heterocycles. The molecule has 0 amide bonds. The van der Waals surface area contributed by atoms with Crippen LogP contribution in [-0.4, -0.2) is 15.5 Å². The van der Waals surface area contributed by atoms with Crippen LogP contribution in [0.5, 0.6) is 5.75 Å². The summed E-state index contributed by atoms with van der Waals surface area (Å²) >= 11 is 3.32. The average molecular weight is 412 g/mol. The third kappa shape index (κ3) is 3.99. The van der Waals surface area contributed by atoms with Gasteiger partial charge in [-0.3, -0.25) is 0 Å². The fraction of sp³-hybridized carbons (Fsp3) is 0.333. The number of hydrogen-bond donors (Lipinski definition) is 1. The van der Waals surface area contributed by atoms with E-state index < -0.39 is 10.0 Å². The molecule has 0 saturated heterocycles. The van der Waals surface area contributed by atoms with Crippen molar-refractivity contribution in [2.45, 2.75) is 38.6 Å². The highest BCUT2D eigenvalue weighted by Gasteiger charge is 2.21. The van der Waals surface area contributed by atoms with E-state index in [9.17, 15) is 8.42 Å². The summed E-state index contributed by atoms with van der Waals surface area (Å²) in [5.41, 5.74) is 4.40. The van der Waals surface area contributed by atoms with E-state index in [1.807, 2.05) is 26.8 Å². The van der Waals surface area contributed by atoms with Crippen LogP contribution in [0.1, 0.15) is 35.2 Å². The van der Waals surface area contributed by atoms with Crippen molar-refractivity contribution in [3.05, 3.63) is 57.1 Å². The summed E-state index contributed by atoms with van der Waals surface area (Å²) in [4.78, 5) is 0.198. The molecular weight excluding hydrogens is 390 g/mol. The molecular formula is C18H22BrNO3S. The number of nitrogens with one attached hydrogen (secondary N) is 1. The average Bonchev–Trinajstić information content (AvgIpc) is 2.50. The molecule has 1 atom stereocenters. The fourth-order valence-corrected chi connectivity index (χ4v) is 4.57. The van der Waals surface area contributed by atoms with Crippen LogP contribution >= 0.6 is 15.9 Å². The minimum atomic E-state index is -3.63. The zero-order valence-electron chi connectivity index (χ0n) is 14.5. The van der Waals surface area contributed by atoms with Gasteiger partial charge in [0.1, 0.15) is 5.75 Å². The number of benzene rings is 2. The van der Waals surface area contributed by atoms with Crippen LogP contribution in [0.15, 0.2) is 39.7 Å². The van der Waals surface area contributed by atoms with Gasteiger partial charge in [0, 0.05) is 6.04 Å². The van der Waals surface area contributed by atoms with Crippen molar-refractivity contribution in [2.75, 3.05) is 7.11 Å². The highest BCUT2D eigenvalue weighted by Crippen LogP contribution is 2.29. The standard InChI is InChI=1S/C18H22BrNO3S/c1-11-8-13(3)16(9-12(11)2)14(4)20-24(21,22)15-6-7-18(23-5)17(19)10-15/h6-10,14,20H,1-5H3/t14-/m0/s1. The second-order valence-corrected chi connectivity index (χ2v) is 8.50. The normalized spacial score (nSPS) is 12.9.